The second-order valence-electron chi connectivity index (χ2n) is 6.71. The maximum Gasteiger partial charge on any atom is 0.246 e. The Bertz CT molecular complexity index is 1190. The van der Waals surface area contributed by atoms with Crippen molar-refractivity contribution < 1.29 is 17.9 Å². The molecule has 1 heterocycles. The first-order chi connectivity index (χ1) is 14.8. The van der Waals surface area contributed by atoms with Gasteiger partial charge in [-0.2, -0.15) is 5.10 Å². The predicted molar refractivity (Wildman–Crippen MR) is 121 cm³/mol. The van der Waals surface area contributed by atoms with Gasteiger partial charge in [0.1, 0.15) is 28.0 Å². The van der Waals surface area contributed by atoms with Crippen LogP contribution in [0.5, 0.6) is 5.75 Å². The van der Waals surface area contributed by atoms with Gasteiger partial charge in [-0.25, -0.2) is 13.1 Å². The van der Waals surface area contributed by atoms with Crippen molar-refractivity contribution in [1.29, 1.82) is 0 Å². The molecule has 31 heavy (non-hydrogen) atoms. The monoisotopic (exact) mass is 460 g/mol. The molecular formula is C21H24N4O4S2. The number of nitrogens with zero attached hydrogens (tertiary/aromatic N) is 2. The van der Waals surface area contributed by atoms with E-state index in [9.17, 15) is 13.2 Å². The van der Waals surface area contributed by atoms with Gasteiger partial charge in [0.05, 0.1) is 12.0 Å². The van der Waals surface area contributed by atoms with E-state index in [0.29, 0.717) is 17.2 Å². The summed E-state index contributed by atoms with van der Waals surface area (Å²) in [6.07, 6.45) is 0. The molecule has 10 heteroatoms. The van der Waals surface area contributed by atoms with Crippen molar-refractivity contribution in [2.75, 3.05) is 23.9 Å². The van der Waals surface area contributed by atoms with E-state index >= 15 is 0 Å². The molecule has 0 radical (unpaired) electrons. The summed E-state index contributed by atoms with van der Waals surface area (Å²) in [5.41, 5.74) is 7.83. The predicted octanol–water partition coefficient (Wildman–Crippen LogP) is 3.37. The molecule has 0 fully saturated rings. The van der Waals surface area contributed by atoms with E-state index < -0.39 is 9.84 Å². The molecule has 0 spiro atoms. The Kier molecular flexibility index (Phi) is 6.91. The van der Waals surface area contributed by atoms with E-state index in [1.165, 1.54) is 35.7 Å². The van der Waals surface area contributed by atoms with Gasteiger partial charge in [-0.15, -0.1) is 11.8 Å². The first kappa shape index (κ1) is 22.7. The van der Waals surface area contributed by atoms with E-state index in [4.69, 9.17) is 10.5 Å². The number of hydrogen-bond donors (Lipinski definition) is 2. The number of hydrogen-bond acceptors (Lipinski definition) is 7. The van der Waals surface area contributed by atoms with Crippen LogP contribution in [0.25, 0.3) is 0 Å². The molecule has 1 aromatic heterocycles. The number of methoxy groups -OCH3 is 1. The third-order valence-corrected chi connectivity index (χ3v) is 7.24. The second-order valence-corrected chi connectivity index (χ2v) is 9.85. The van der Waals surface area contributed by atoms with Crippen molar-refractivity contribution in [2.24, 2.45) is 0 Å². The summed E-state index contributed by atoms with van der Waals surface area (Å²) in [4.78, 5) is 12.5. The van der Waals surface area contributed by atoms with Crippen LogP contribution in [0, 0.1) is 6.92 Å². The average molecular weight is 461 g/mol. The van der Waals surface area contributed by atoms with Crippen molar-refractivity contribution in [2.45, 2.75) is 35.2 Å². The van der Waals surface area contributed by atoms with Crippen molar-refractivity contribution in [3.63, 3.8) is 0 Å². The van der Waals surface area contributed by atoms with Crippen LogP contribution in [0.2, 0.25) is 0 Å². The van der Waals surface area contributed by atoms with E-state index in [0.717, 1.165) is 5.56 Å². The molecule has 0 aliphatic heterocycles. The summed E-state index contributed by atoms with van der Waals surface area (Å²) in [5.74, 6) is 0.697. The number of nitrogens with one attached hydrogen (secondary N) is 1. The van der Waals surface area contributed by atoms with E-state index in [2.05, 4.69) is 10.4 Å². The van der Waals surface area contributed by atoms with Crippen LogP contribution in [-0.2, 0) is 21.2 Å². The van der Waals surface area contributed by atoms with Gasteiger partial charge < -0.3 is 15.8 Å². The maximum absolute atomic E-state index is 13.3. The number of rotatable bonds is 8. The van der Waals surface area contributed by atoms with E-state index in [-0.39, 0.29) is 33.1 Å². The molecule has 0 saturated heterocycles. The number of benzene rings is 2. The fourth-order valence-electron chi connectivity index (χ4n) is 2.97. The molecule has 3 rings (SSSR count). The summed E-state index contributed by atoms with van der Waals surface area (Å²) in [7, 11) is -2.44. The quantitative estimate of drug-likeness (QED) is 0.495. The summed E-state index contributed by atoms with van der Waals surface area (Å²) in [5, 5.41) is 7.35. The Morgan fingerprint density at radius 1 is 1.23 bits per heavy atom. The number of amides is 1. The van der Waals surface area contributed by atoms with Gasteiger partial charge in [-0.05, 0) is 54.6 Å². The zero-order valence-corrected chi connectivity index (χ0v) is 19.1. The summed E-state index contributed by atoms with van der Waals surface area (Å²) in [6.45, 7) is 3.59. The van der Waals surface area contributed by atoms with Gasteiger partial charge in [0.15, 0.2) is 0 Å². The molecule has 0 atom stereocenters. The Morgan fingerprint density at radius 2 is 1.94 bits per heavy atom. The first-order valence-electron chi connectivity index (χ1n) is 9.51. The number of carbonyl (C=O) groups is 1. The number of aryl methyl sites for hydroxylation is 1. The molecule has 0 bridgehead atoms. The highest BCUT2D eigenvalue weighted by Gasteiger charge is 2.30. The number of nitrogens with two attached hydrogens (primary N) is 1. The van der Waals surface area contributed by atoms with Gasteiger partial charge in [0.25, 0.3) is 0 Å². The van der Waals surface area contributed by atoms with E-state index in [1.807, 2.05) is 32.0 Å². The fraction of sp³-hybridized carbons (Fsp3) is 0.238. The minimum absolute atomic E-state index is 0.0710. The minimum atomic E-state index is -3.94. The van der Waals surface area contributed by atoms with Gasteiger partial charge >= 0.3 is 0 Å². The van der Waals surface area contributed by atoms with Crippen molar-refractivity contribution in [1.82, 2.24) is 9.78 Å². The molecule has 0 unspecified atom stereocenters. The molecule has 8 nitrogen and oxygen atoms in total. The smallest absolute Gasteiger partial charge is 0.246 e. The molecule has 1 amide bonds. The standard InChI is InChI=1S/C21H24N4O4S2/c1-4-30-21-19(31(27,28)17-10-8-16(29-3)9-11-17)20(22)25(24-21)13-18(26)23-15-7-5-6-14(2)12-15/h5-12H,4,13,22H2,1-3H3,(H,23,26). The Balaban J connectivity index is 1.93. The molecule has 3 aromatic rings. The van der Waals surface area contributed by atoms with Gasteiger partial charge in [-0.1, -0.05) is 19.1 Å². The first-order valence-corrected chi connectivity index (χ1v) is 12.0. The largest absolute Gasteiger partial charge is 0.497 e. The lowest BCUT2D eigenvalue weighted by atomic mass is 10.2. The molecule has 164 valence electrons. The van der Waals surface area contributed by atoms with Crippen LogP contribution < -0.4 is 15.8 Å². The Labute approximate surface area is 185 Å². The van der Waals surface area contributed by atoms with Crippen LogP contribution in [0.15, 0.2) is 63.3 Å². The number of carbonyl (C=O) groups excluding carboxylic acids is 1. The summed E-state index contributed by atoms with van der Waals surface area (Å²) >= 11 is 1.25. The Morgan fingerprint density at radius 3 is 2.55 bits per heavy atom. The average Bonchev–Trinajstić information content (AvgIpc) is 3.03. The van der Waals surface area contributed by atoms with Gasteiger partial charge in [0, 0.05) is 5.69 Å². The van der Waals surface area contributed by atoms with Crippen LogP contribution >= 0.6 is 11.8 Å². The third-order valence-electron chi connectivity index (χ3n) is 4.43. The highest BCUT2D eigenvalue weighted by molar-refractivity contribution is 8.00. The molecule has 0 aliphatic carbocycles. The SMILES string of the molecule is CCSc1nn(CC(=O)Nc2cccc(C)c2)c(N)c1S(=O)(=O)c1ccc(OC)cc1. The lowest BCUT2D eigenvalue weighted by Crippen LogP contribution is -2.21. The number of nitrogen functional groups attached to an aromatic ring is 1. The third kappa shape index (κ3) is 5.02. The van der Waals surface area contributed by atoms with Crippen LogP contribution in [-0.4, -0.2) is 37.0 Å². The zero-order chi connectivity index (χ0) is 22.6. The van der Waals surface area contributed by atoms with Crippen LogP contribution in [0.1, 0.15) is 12.5 Å². The molecular weight excluding hydrogens is 436 g/mol. The molecule has 0 aliphatic rings. The highest BCUT2D eigenvalue weighted by atomic mass is 32.2. The van der Waals surface area contributed by atoms with Crippen molar-refractivity contribution >= 4 is 39.0 Å². The number of sulfone groups is 1. The second kappa shape index (κ2) is 9.44. The normalized spacial score (nSPS) is 11.3. The lowest BCUT2D eigenvalue weighted by Gasteiger charge is -2.08. The number of ether oxygens (including phenoxy) is 1. The minimum Gasteiger partial charge on any atom is -0.497 e. The van der Waals surface area contributed by atoms with E-state index in [1.54, 1.807) is 18.2 Å². The summed E-state index contributed by atoms with van der Waals surface area (Å²) in [6, 6.07) is 13.4. The van der Waals surface area contributed by atoms with Crippen molar-refractivity contribution in [3.8, 4) is 5.75 Å². The molecule has 2 aromatic carbocycles. The Hall–Kier alpha value is -2.98. The number of thioether (sulfide) groups is 1. The van der Waals surface area contributed by atoms with Crippen LogP contribution in [0.3, 0.4) is 0 Å². The van der Waals surface area contributed by atoms with Gasteiger partial charge in [0.2, 0.25) is 15.7 Å². The number of aromatic nitrogens is 2. The lowest BCUT2D eigenvalue weighted by molar-refractivity contribution is -0.116. The molecule has 3 N–H and O–H groups in total. The topological polar surface area (TPSA) is 116 Å². The zero-order valence-electron chi connectivity index (χ0n) is 17.5. The molecule has 0 saturated carbocycles. The van der Waals surface area contributed by atoms with Crippen LogP contribution in [0.4, 0.5) is 11.5 Å². The summed E-state index contributed by atoms with van der Waals surface area (Å²) < 4.78 is 32.9. The maximum atomic E-state index is 13.3. The highest BCUT2D eigenvalue weighted by Crippen LogP contribution is 2.35. The number of anilines is 2. The fourth-order valence-corrected chi connectivity index (χ4v) is 5.52. The van der Waals surface area contributed by atoms with Gasteiger partial charge in [-0.3, -0.25) is 4.79 Å². The van der Waals surface area contributed by atoms with Crippen molar-refractivity contribution in [3.05, 3.63) is 54.1 Å².